The van der Waals surface area contributed by atoms with Gasteiger partial charge in [0.25, 0.3) is 0 Å². The van der Waals surface area contributed by atoms with Crippen molar-refractivity contribution in [3.8, 4) is 5.75 Å². The second-order valence-corrected chi connectivity index (χ2v) is 5.68. The highest BCUT2D eigenvalue weighted by Crippen LogP contribution is 2.27. The average Bonchev–Trinajstić information content (AvgIpc) is 3.01. The number of carbonyl (C=O) groups is 1. The molecule has 1 aliphatic rings. The Hall–Kier alpha value is -2.77. The van der Waals surface area contributed by atoms with E-state index < -0.39 is 0 Å². The molecule has 8 heteroatoms. The molecule has 0 radical (unpaired) electrons. The number of phenols is 1. The van der Waals surface area contributed by atoms with Crippen LogP contribution in [0.1, 0.15) is 11.7 Å². The van der Waals surface area contributed by atoms with Crippen LogP contribution in [-0.4, -0.2) is 58.9 Å². The van der Waals surface area contributed by atoms with Gasteiger partial charge >= 0.3 is 6.03 Å². The van der Waals surface area contributed by atoms with Gasteiger partial charge in [0.05, 0.1) is 5.69 Å². The van der Waals surface area contributed by atoms with Gasteiger partial charge in [-0.2, -0.15) is 4.98 Å². The maximum Gasteiger partial charge on any atom is 0.317 e. The van der Waals surface area contributed by atoms with E-state index in [1.54, 1.807) is 24.0 Å². The molecule has 0 unspecified atom stereocenters. The van der Waals surface area contributed by atoms with E-state index >= 15 is 0 Å². The molecule has 3 rings (SSSR count). The van der Waals surface area contributed by atoms with Crippen molar-refractivity contribution in [2.24, 2.45) is 0 Å². The summed E-state index contributed by atoms with van der Waals surface area (Å²) in [5.41, 5.74) is 0.810. The van der Waals surface area contributed by atoms with Crippen LogP contribution < -0.4 is 10.2 Å². The monoisotopic (exact) mass is 331 g/mol. The molecule has 2 N–H and O–H groups in total. The number of para-hydroxylation sites is 2. The summed E-state index contributed by atoms with van der Waals surface area (Å²) in [6.45, 7) is 4.82. The van der Waals surface area contributed by atoms with Gasteiger partial charge in [-0.15, -0.1) is 0 Å². The van der Waals surface area contributed by atoms with Gasteiger partial charge in [0, 0.05) is 39.1 Å². The third-order valence-electron chi connectivity index (χ3n) is 3.97. The predicted octanol–water partition coefficient (Wildman–Crippen LogP) is 1.16. The van der Waals surface area contributed by atoms with Crippen LogP contribution in [-0.2, 0) is 6.42 Å². The molecule has 2 amide bonds. The number of piperazine rings is 1. The van der Waals surface area contributed by atoms with Gasteiger partial charge in [0.2, 0.25) is 5.89 Å². The molecule has 128 valence electrons. The molecule has 1 aromatic carbocycles. The molecule has 1 saturated heterocycles. The summed E-state index contributed by atoms with van der Waals surface area (Å²) in [6, 6.07) is 7.16. The zero-order chi connectivity index (χ0) is 16.9. The molecular weight excluding hydrogens is 310 g/mol. The Labute approximate surface area is 140 Å². The molecule has 24 heavy (non-hydrogen) atoms. The second kappa shape index (κ2) is 7.20. The Morgan fingerprint density at radius 3 is 2.71 bits per heavy atom. The molecule has 2 aromatic rings. The van der Waals surface area contributed by atoms with Crippen molar-refractivity contribution < 1.29 is 14.4 Å². The lowest BCUT2D eigenvalue weighted by atomic mass is 10.2. The van der Waals surface area contributed by atoms with Gasteiger partial charge in [0.1, 0.15) is 5.75 Å². The topological polar surface area (TPSA) is 94.7 Å². The van der Waals surface area contributed by atoms with Gasteiger partial charge in [-0.1, -0.05) is 17.3 Å². The summed E-state index contributed by atoms with van der Waals surface area (Å²) in [7, 11) is 0. The Morgan fingerprint density at radius 1 is 1.29 bits per heavy atom. The predicted molar refractivity (Wildman–Crippen MR) is 88.0 cm³/mol. The van der Waals surface area contributed by atoms with Crippen LogP contribution in [0.4, 0.5) is 10.5 Å². The van der Waals surface area contributed by atoms with Crippen LogP contribution in [0.15, 0.2) is 28.8 Å². The summed E-state index contributed by atoms with van der Waals surface area (Å²) >= 11 is 0. The molecule has 1 fully saturated rings. The third kappa shape index (κ3) is 3.76. The molecule has 0 spiro atoms. The van der Waals surface area contributed by atoms with E-state index in [-0.39, 0.29) is 11.8 Å². The number of aromatic hydroxyl groups is 1. The highest BCUT2D eigenvalue weighted by Gasteiger charge is 2.22. The lowest BCUT2D eigenvalue weighted by molar-refractivity contribution is 0.194. The van der Waals surface area contributed by atoms with Crippen molar-refractivity contribution in [1.82, 2.24) is 20.4 Å². The molecule has 0 aliphatic carbocycles. The zero-order valence-corrected chi connectivity index (χ0v) is 13.6. The minimum absolute atomic E-state index is 0.0943. The van der Waals surface area contributed by atoms with Crippen molar-refractivity contribution in [2.75, 3.05) is 37.6 Å². The zero-order valence-electron chi connectivity index (χ0n) is 13.6. The Morgan fingerprint density at radius 2 is 2.04 bits per heavy atom. The highest BCUT2D eigenvalue weighted by atomic mass is 16.5. The first kappa shape index (κ1) is 16.1. The van der Waals surface area contributed by atoms with Gasteiger partial charge in [0.15, 0.2) is 5.82 Å². The number of rotatable bonds is 4. The van der Waals surface area contributed by atoms with E-state index in [1.807, 2.05) is 12.1 Å². The summed E-state index contributed by atoms with van der Waals surface area (Å²) in [6.07, 6.45) is 0.518. The third-order valence-corrected chi connectivity index (χ3v) is 3.97. The van der Waals surface area contributed by atoms with Crippen LogP contribution in [0.3, 0.4) is 0 Å². The molecule has 0 bridgehead atoms. The normalized spacial score (nSPS) is 14.7. The number of benzene rings is 1. The number of carbonyl (C=O) groups excluding carboxylic acids is 1. The van der Waals surface area contributed by atoms with Crippen LogP contribution >= 0.6 is 0 Å². The molecule has 1 aromatic heterocycles. The van der Waals surface area contributed by atoms with Crippen LogP contribution in [0.25, 0.3) is 0 Å². The number of anilines is 1. The quantitative estimate of drug-likeness (QED) is 0.873. The molecule has 0 atom stereocenters. The summed E-state index contributed by atoms with van der Waals surface area (Å²) in [4.78, 5) is 20.1. The van der Waals surface area contributed by atoms with Crippen LogP contribution in [0.5, 0.6) is 5.75 Å². The Bertz CT molecular complexity index is 695. The Balaban J connectivity index is 1.44. The van der Waals surface area contributed by atoms with E-state index in [0.29, 0.717) is 50.9 Å². The lowest BCUT2D eigenvalue weighted by Gasteiger charge is -2.36. The maximum atomic E-state index is 12.2. The number of hydrogen-bond donors (Lipinski definition) is 2. The highest BCUT2D eigenvalue weighted by molar-refractivity contribution is 5.74. The number of hydrogen-bond acceptors (Lipinski definition) is 6. The maximum absolute atomic E-state index is 12.2. The van der Waals surface area contributed by atoms with Gasteiger partial charge in [-0.3, -0.25) is 0 Å². The Kier molecular flexibility index (Phi) is 4.83. The number of amides is 2. The first-order chi connectivity index (χ1) is 11.6. The summed E-state index contributed by atoms with van der Waals surface area (Å²) in [5.74, 6) is 1.39. The largest absolute Gasteiger partial charge is 0.506 e. The molecular formula is C16H21N5O3. The number of aromatic nitrogens is 2. The molecule has 2 heterocycles. The second-order valence-electron chi connectivity index (χ2n) is 5.68. The van der Waals surface area contributed by atoms with E-state index in [1.165, 1.54) is 0 Å². The van der Waals surface area contributed by atoms with Crippen molar-refractivity contribution in [3.63, 3.8) is 0 Å². The molecule has 1 aliphatic heterocycles. The SMILES string of the molecule is Cc1noc(CCNC(=O)N2CCN(c3ccccc3O)CC2)n1. The van der Waals surface area contributed by atoms with Crippen molar-refractivity contribution in [1.29, 1.82) is 0 Å². The van der Waals surface area contributed by atoms with Gasteiger partial charge in [-0.25, -0.2) is 4.79 Å². The fourth-order valence-electron chi connectivity index (χ4n) is 2.71. The van der Waals surface area contributed by atoms with E-state index in [2.05, 4.69) is 20.4 Å². The average molecular weight is 331 g/mol. The lowest BCUT2D eigenvalue weighted by Crippen LogP contribution is -2.52. The number of aryl methyl sites for hydroxylation is 1. The van der Waals surface area contributed by atoms with Gasteiger partial charge < -0.3 is 24.7 Å². The summed E-state index contributed by atoms with van der Waals surface area (Å²) in [5, 5.41) is 16.5. The first-order valence-corrected chi connectivity index (χ1v) is 7.98. The van der Waals surface area contributed by atoms with Crippen LogP contribution in [0.2, 0.25) is 0 Å². The van der Waals surface area contributed by atoms with E-state index in [0.717, 1.165) is 5.69 Å². The van der Waals surface area contributed by atoms with Crippen molar-refractivity contribution in [3.05, 3.63) is 36.0 Å². The van der Waals surface area contributed by atoms with Crippen molar-refractivity contribution in [2.45, 2.75) is 13.3 Å². The summed E-state index contributed by atoms with van der Waals surface area (Å²) < 4.78 is 5.01. The van der Waals surface area contributed by atoms with E-state index in [4.69, 9.17) is 4.52 Å². The minimum atomic E-state index is -0.0943. The van der Waals surface area contributed by atoms with Crippen LogP contribution in [0, 0.1) is 6.92 Å². The first-order valence-electron chi connectivity index (χ1n) is 7.98. The smallest absolute Gasteiger partial charge is 0.317 e. The fraction of sp³-hybridized carbons (Fsp3) is 0.438. The minimum Gasteiger partial charge on any atom is -0.506 e. The number of nitrogens with one attached hydrogen (secondary N) is 1. The fourth-order valence-corrected chi connectivity index (χ4v) is 2.71. The van der Waals surface area contributed by atoms with E-state index in [9.17, 15) is 9.90 Å². The molecule has 0 saturated carbocycles. The molecule has 8 nitrogen and oxygen atoms in total. The number of urea groups is 1. The number of phenolic OH excluding ortho intramolecular Hbond substituents is 1. The van der Waals surface area contributed by atoms with Crippen molar-refractivity contribution >= 4 is 11.7 Å². The van der Waals surface area contributed by atoms with Gasteiger partial charge in [-0.05, 0) is 19.1 Å². The number of nitrogens with zero attached hydrogens (tertiary/aromatic N) is 4. The standard InChI is InChI=1S/C16H21N5O3/c1-12-18-15(24-19-12)6-7-17-16(23)21-10-8-20(9-11-21)13-4-2-3-5-14(13)22/h2-5,22H,6-11H2,1H3,(H,17,23).